The Morgan fingerprint density at radius 2 is 1.78 bits per heavy atom. The Bertz CT molecular complexity index is 426. The number of aromatic hydroxyl groups is 1. The summed E-state index contributed by atoms with van der Waals surface area (Å²) in [5, 5.41) is 9.16. The fourth-order valence-electron chi connectivity index (χ4n) is 1.59. The minimum absolute atomic E-state index is 0.152. The molecule has 1 atom stereocenters. The van der Waals surface area contributed by atoms with E-state index in [0.29, 0.717) is 5.75 Å². The van der Waals surface area contributed by atoms with Crippen LogP contribution in [0.15, 0.2) is 35.9 Å². The highest BCUT2D eigenvalue weighted by Crippen LogP contribution is 2.21. The predicted octanol–water partition coefficient (Wildman–Crippen LogP) is 3.54. The van der Waals surface area contributed by atoms with Crippen LogP contribution in [0.25, 0.3) is 0 Å². The molecular formula is C15H20O3. The van der Waals surface area contributed by atoms with Gasteiger partial charge in [-0.15, -0.1) is 0 Å². The van der Waals surface area contributed by atoms with Crippen LogP contribution in [-0.2, 0) is 4.79 Å². The molecule has 18 heavy (non-hydrogen) atoms. The molecule has 0 heterocycles. The van der Waals surface area contributed by atoms with Gasteiger partial charge in [0.2, 0.25) is 0 Å². The Morgan fingerprint density at radius 3 is 2.22 bits per heavy atom. The number of hydrogen-bond acceptors (Lipinski definition) is 3. The summed E-state index contributed by atoms with van der Waals surface area (Å²) in [4.78, 5) is 12.0. The van der Waals surface area contributed by atoms with Gasteiger partial charge in [0.15, 0.2) is 0 Å². The van der Waals surface area contributed by atoms with Gasteiger partial charge in [0.05, 0.1) is 5.92 Å². The van der Waals surface area contributed by atoms with Crippen LogP contribution in [0, 0.1) is 11.8 Å². The summed E-state index contributed by atoms with van der Waals surface area (Å²) >= 11 is 0. The third-order valence-corrected chi connectivity index (χ3v) is 2.56. The van der Waals surface area contributed by atoms with Gasteiger partial charge in [0.25, 0.3) is 0 Å². The summed E-state index contributed by atoms with van der Waals surface area (Å²) in [6.07, 6.45) is 1.92. The second-order valence-electron chi connectivity index (χ2n) is 4.93. The van der Waals surface area contributed by atoms with Crippen molar-refractivity contribution in [2.75, 3.05) is 0 Å². The number of carbonyl (C=O) groups is 1. The molecule has 3 nitrogen and oxygen atoms in total. The van der Waals surface area contributed by atoms with Crippen molar-refractivity contribution in [3.05, 3.63) is 35.9 Å². The van der Waals surface area contributed by atoms with Crippen LogP contribution < -0.4 is 4.74 Å². The summed E-state index contributed by atoms with van der Waals surface area (Å²) in [6.45, 7) is 7.90. The Labute approximate surface area is 108 Å². The van der Waals surface area contributed by atoms with Crippen molar-refractivity contribution in [3.8, 4) is 11.5 Å². The lowest BCUT2D eigenvalue weighted by Crippen LogP contribution is -2.23. The molecule has 1 rings (SSSR count). The number of allylic oxidation sites excluding steroid dienone is 1. The summed E-state index contributed by atoms with van der Waals surface area (Å²) in [5.74, 6) is 0.273. The molecule has 0 aliphatic rings. The van der Waals surface area contributed by atoms with Gasteiger partial charge >= 0.3 is 5.97 Å². The van der Waals surface area contributed by atoms with Crippen molar-refractivity contribution in [1.29, 1.82) is 0 Å². The predicted molar refractivity (Wildman–Crippen MR) is 71.5 cm³/mol. The number of phenols is 1. The van der Waals surface area contributed by atoms with Gasteiger partial charge in [-0.2, -0.15) is 0 Å². The number of esters is 1. The Balaban J connectivity index is 2.79. The van der Waals surface area contributed by atoms with Crippen molar-refractivity contribution in [1.82, 2.24) is 0 Å². The minimum atomic E-state index is -0.267. The van der Waals surface area contributed by atoms with Gasteiger partial charge in [0, 0.05) is 0 Å². The van der Waals surface area contributed by atoms with Crippen LogP contribution in [0.3, 0.4) is 0 Å². The van der Waals surface area contributed by atoms with Gasteiger partial charge in [-0.25, -0.2) is 0 Å². The van der Waals surface area contributed by atoms with E-state index < -0.39 is 0 Å². The van der Waals surface area contributed by atoms with Crippen LogP contribution in [0.5, 0.6) is 11.5 Å². The maximum absolute atomic E-state index is 12.0. The zero-order chi connectivity index (χ0) is 13.7. The molecule has 0 aromatic heterocycles. The fraction of sp³-hybridized carbons (Fsp3) is 0.400. The molecule has 0 bridgehead atoms. The maximum atomic E-state index is 12.0. The smallest absolute Gasteiger partial charge is 0.318 e. The molecule has 0 saturated heterocycles. The Kier molecular flexibility index (Phi) is 4.95. The van der Waals surface area contributed by atoms with E-state index in [0.717, 1.165) is 5.57 Å². The van der Waals surface area contributed by atoms with Crippen LogP contribution >= 0.6 is 0 Å². The van der Waals surface area contributed by atoms with E-state index >= 15 is 0 Å². The number of hydrogen-bond donors (Lipinski definition) is 1. The molecule has 0 spiro atoms. The van der Waals surface area contributed by atoms with Crippen molar-refractivity contribution >= 4 is 5.97 Å². The lowest BCUT2D eigenvalue weighted by Gasteiger charge is -2.16. The van der Waals surface area contributed by atoms with Gasteiger partial charge in [-0.05, 0) is 44.0 Å². The van der Waals surface area contributed by atoms with Crippen molar-refractivity contribution < 1.29 is 14.6 Å². The van der Waals surface area contributed by atoms with Gasteiger partial charge < -0.3 is 9.84 Å². The summed E-state index contributed by atoms with van der Waals surface area (Å²) < 4.78 is 5.30. The van der Waals surface area contributed by atoms with E-state index in [-0.39, 0.29) is 23.6 Å². The second kappa shape index (κ2) is 6.24. The lowest BCUT2D eigenvalue weighted by atomic mass is 9.94. The molecule has 1 aromatic rings. The van der Waals surface area contributed by atoms with Crippen LogP contribution in [0.1, 0.15) is 27.7 Å². The average molecular weight is 248 g/mol. The zero-order valence-electron chi connectivity index (χ0n) is 11.3. The molecule has 0 fully saturated rings. The van der Waals surface area contributed by atoms with Crippen LogP contribution in [0.2, 0.25) is 0 Å². The molecule has 0 radical (unpaired) electrons. The van der Waals surface area contributed by atoms with E-state index in [1.807, 2.05) is 33.8 Å². The van der Waals surface area contributed by atoms with E-state index in [1.54, 1.807) is 12.1 Å². The fourth-order valence-corrected chi connectivity index (χ4v) is 1.59. The first-order valence-electron chi connectivity index (χ1n) is 6.06. The monoisotopic (exact) mass is 248 g/mol. The number of rotatable bonds is 4. The molecule has 1 unspecified atom stereocenters. The first-order valence-corrected chi connectivity index (χ1v) is 6.06. The SMILES string of the molecule is CC(C)=CC(C(=O)Oc1ccc(O)cc1)C(C)C. The summed E-state index contributed by atoms with van der Waals surface area (Å²) in [7, 11) is 0. The topological polar surface area (TPSA) is 46.5 Å². The normalized spacial score (nSPS) is 12.1. The van der Waals surface area contributed by atoms with Crippen molar-refractivity contribution in [3.63, 3.8) is 0 Å². The highest BCUT2D eigenvalue weighted by atomic mass is 16.5. The third kappa shape index (κ3) is 4.24. The minimum Gasteiger partial charge on any atom is -0.508 e. The number of phenolic OH excluding ortho intramolecular Hbond substituents is 1. The maximum Gasteiger partial charge on any atom is 0.318 e. The van der Waals surface area contributed by atoms with Gasteiger partial charge in [-0.1, -0.05) is 25.5 Å². The molecule has 0 saturated carbocycles. The largest absolute Gasteiger partial charge is 0.508 e. The van der Waals surface area contributed by atoms with Gasteiger partial charge in [-0.3, -0.25) is 4.79 Å². The van der Waals surface area contributed by atoms with E-state index in [2.05, 4.69) is 0 Å². The summed E-state index contributed by atoms with van der Waals surface area (Å²) in [6, 6.07) is 6.14. The Hall–Kier alpha value is -1.77. The van der Waals surface area contributed by atoms with Gasteiger partial charge in [0.1, 0.15) is 11.5 Å². The first-order chi connectivity index (χ1) is 8.40. The zero-order valence-corrected chi connectivity index (χ0v) is 11.3. The molecule has 3 heteroatoms. The molecule has 0 amide bonds. The number of ether oxygens (including phenoxy) is 1. The Morgan fingerprint density at radius 1 is 1.22 bits per heavy atom. The van der Waals surface area contributed by atoms with Crippen LogP contribution in [-0.4, -0.2) is 11.1 Å². The molecule has 1 N–H and O–H groups in total. The average Bonchev–Trinajstić information content (AvgIpc) is 2.28. The molecule has 0 aliphatic carbocycles. The number of benzene rings is 1. The number of carbonyl (C=O) groups excluding carboxylic acids is 1. The van der Waals surface area contributed by atoms with Crippen molar-refractivity contribution in [2.24, 2.45) is 11.8 Å². The highest BCUT2D eigenvalue weighted by Gasteiger charge is 2.21. The van der Waals surface area contributed by atoms with E-state index in [1.165, 1.54) is 12.1 Å². The summed E-state index contributed by atoms with van der Waals surface area (Å²) in [5.41, 5.74) is 1.09. The van der Waals surface area contributed by atoms with Crippen LogP contribution in [0.4, 0.5) is 0 Å². The molecule has 1 aromatic carbocycles. The highest BCUT2D eigenvalue weighted by molar-refractivity contribution is 5.77. The van der Waals surface area contributed by atoms with E-state index in [9.17, 15) is 4.79 Å². The first kappa shape index (κ1) is 14.3. The van der Waals surface area contributed by atoms with E-state index in [4.69, 9.17) is 9.84 Å². The van der Waals surface area contributed by atoms with Crippen molar-refractivity contribution in [2.45, 2.75) is 27.7 Å². The second-order valence-corrected chi connectivity index (χ2v) is 4.93. The molecule has 0 aliphatic heterocycles. The quantitative estimate of drug-likeness (QED) is 0.503. The lowest BCUT2D eigenvalue weighted by molar-refractivity contribution is -0.138. The third-order valence-electron chi connectivity index (χ3n) is 2.56. The molecule has 98 valence electrons. The standard InChI is InChI=1S/C15H20O3/c1-10(2)9-14(11(3)4)15(17)18-13-7-5-12(16)6-8-13/h5-9,11,14,16H,1-4H3. The molecular weight excluding hydrogens is 228 g/mol.